The number of ether oxygens (including phenoxy) is 1. The van der Waals surface area contributed by atoms with E-state index in [2.05, 4.69) is 20.1 Å². The normalized spacial score (nSPS) is 11.2. The number of amides is 1. The highest BCUT2D eigenvalue weighted by Gasteiger charge is 2.29. The molecule has 2 heterocycles. The van der Waals surface area contributed by atoms with Crippen LogP contribution in [0.3, 0.4) is 0 Å². The van der Waals surface area contributed by atoms with Crippen LogP contribution in [0.25, 0.3) is 5.82 Å². The average molecular weight is 286 g/mol. The lowest BCUT2D eigenvalue weighted by atomic mass is 10.4. The van der Waals surface area contributed by atoms with Gasteiger partial charge in [-0.15, -0.1) is 0 Å². The van der Waals surface area contributed by atoms with Gasteiger partial charge in [0.1, 0.15) is 0 Å². The molecule has 2 rings (SSSR count). The van der Waals surface area contributed by atoms with Gasteiger partial charge in [0.25, 0.3) is 0 Å². The van der Waals surface area contributed by atoms with Gasteiger partial charge in [-0.2, -0.15) is 18.3 Å². The molecule has 0 fully saturated rings. The van der Waals surface area contributed by atoms with Crippen molar-refractivity contribution >= 4 is 11.8 Å². The number of aromatic nitrogens is 3. The van der Waals surface area contributed by atoms with E-state index in [1.54, 1.807) is 24.5 Å². The molecule has 0 saturated carbocycles. The Morgan fingerprint density at radius 1 is 1.40 bits per heavy atom. The first-order valence-corrected chi connectivity index (χ1v) is 5.41. The molecule has 0 aliphatic heterocycles. The summed E-state index contributed by atoms with van der Waals surface area (Å²) >= 11 is 0. The first kappa shape index (κ1) is 13.8. The number of anilines is 1. The van der Waals surface area contributed by atoms with Gasteiger partial charge < -0.3 is 4.74 Å². The van der Waals surface area contributed by atoms with E-state index < -0.39 is 18.9 Å². The Hall–Kier alpha value is -2.58. The zero-order chi connectivity index (χ0) is 14.6. The maximum atomic E-state index is 11.8. The molecular formula is C11H9F3N4O2. The van der Waals surface area contributed by atoms with E-state index in [4.69, 9.17) is 0 Å². The number of hydrogen-bond donors (Lipinski definition) is 1. The van der Waals surface area contributed by atoms with Gasteiger partial charge in [0.05, 0.1) is 11.9 Å². The van der Waals surface area contributed by atoms with Crippen LogP contribution in [0.5, 0.6) is 0 Å². The van der Waals surface area contributed by atoms with E-state index in [9.17, 15) is 18.0 Å². The van der Waals surface area contributed by atoms with E-state index in [-0.39, 0.29) is 5.69 Å². The zero-order valence-corrected chi connectivity index (χ0v) is 9.96. The second-order valence-electron chi connectivity index (χ2n) is 3.67. The molecule has 2 aromatic heterocycles. The van der Waals surface area contributed by atoms with Crippen LogP contribution in [0.4, 0.5) is 23.7 Å². The fourth-order valence-electron chi connectivity index (χ4n) is 1.30. The molecule has 6 nitrogen and oxygen atoms in total. The summed E-state index contributed by atoms with van der Waals surface area (Å²) in [5, 5.41) is 6.08. The molecule has 0 bridgehead atoms. The lowest BCUT2D eigenvalue weighted by Crippen LogP contribution is -2.23. The van der Waals surface area contributed by atoms with Crippen molar-refractivity contribution in [3.8, 4) is 5.82 Å². The highest BCUT2D eigenvalue weighted by atomic mass is 19.4. The van der Waals surface area contributed by atoms with Crippen LogP contribution in [-0.4, -0.2) is 33.6 Å². The second kappa shape index (κ2) is 5.59. The quantitative estimate of drug-likeness (QED) is 0.940. The summed E-state index contributed by atoms with van der Waals surface area (Å²) in [5.74, 6) is 0.504. The summed E-state index contributed by atoms with van der Waals surface area (Å²) in [6.07, 6.45) is -1.23. The minimum atomic E-state index is -4.56. The molecule has 1 amide bonds. The monoisotopic (exact) mass is 286 g/mol. The van der Waals surface area contributed by atoms with E-state index in [0.717, 1.165) is 0 Å². The van der Waals surface area contributed by atoms with Gasteiger partial charge in [0, 0.05) is 12.4 Å². The minimum Gasteiger partial charge on any atom is -0.440 e. The van der Waals surface area contributed by atoms with E-state index in [0.29, 0.717) is 5.82 Å². The molecule has 2 aromatic rings. The standard InChI is InChI=1S/C11H9F3N4O2/c12-11(13,14)7-20-10(19)17-8-2-3-9(15-6-8)18-5-1-4-16-18/h1-6H,7H2,(H,17,19). The molecule has 9 heteroatoms. The largest absolute Gasteiger partial charge is 0.440 e. The molecule has 0 saturated heterocycles. The summed E-state index contributed by atoms with van der Waals surface area (Å²) < 4.78 is 41.0. The summed E-state index contributed by atoms with van der Waals surface area (Å²) in [7, 11) is 0. The van der Waals surface area contributed by atoms with Crippen LogP contribution in [0.2, 0.25) is 0 Å². The van der Waals surface area contributed by atoms with Crippen molar-refractivity contribution < 1.29 is 22.7 Å². The van der Waals surface area contributed by atoms with Crippen LogP contribution in [-0.2, 0) is 4.74 Å². The number of rotatable bonds is 3. The number of carbonyl (C=O) groups is 1. The molecule has 0 radical (unpaired) electrons. The van der Waals surface area contributed by atoms with Crippen molar-refractivity contribution in [2.24, 2.45) is 0 Å². The number of nitrogens with one attached hydrogen (secondary N) is 1. The van der Waals surface area contributed by atoms with Crippen molar-refractivity contribution in [3.63, 3.8) is 0 Å². The molecule has 0 aliphatic rings. The van der Waals surface area contributed by atoms with E-state index >= 15 is 0 Å². The molecule has 0 aliphatic carbocycles. The topological polar surface area (TPSA) is 69.0 Å². The number of alkyl halides is 3. The predicted octanol–water partition coefficient (Wildman–Crippen LogP) is 2.38. The molecule has 0 spiro atoms. The fraction of sp³-hybridized carbons (Fsp3) is 0.182. The fourth-order valence-corrected chi connectivity index (χ4v) is 1.30. The average Bonchev–Trinajstić information content (AvgIpc) is 2.90. The Labute approximate surface area is 111 Å². The van der Waals surface area contributed by atoms with Gasteiger partial charge in [-0.3, -0.25) is 5.32 Å². The third kappa shape index (κ3) is 3.97. The third-order valence-corrected chi connectivity index (χ3v) is 2.10. The van der Waals surface area contributed by atoms with Crippen LogP contribution in [0.1, 0.15) is 0 Å². The van der Waals surface area contributed by atoms with Crippen molar-refractivity contribution in [1.82, 2.24) is 14.8 Å². The number of nitrogens with zero attached hydrogens (tertiary/aromatic N) is 3. The second-order valence-corrected chi connectivity index (χ2v) is 3.67. The van der Waals surface area contributed by atoms with Gasteiger partial charge in [-0.05, 0) is 18.2 Å². The summed E-state index contributed by atoms with van der Waals surface area (Å²) in [6, 6.07) is 4.73. The molecule has 0 unspecified atom stereocenters. The molecule has 1 N–H and O–H groups in total. The first-order chi connectivity index (χ1) is 9.44. The van der Waals surface area contributed by atoms with Crippen molar-refractivity contribution in [3.05, 3.63) is 36.8 Å². The van der Waals surface area contributed by atoms with Crippen molar-refractivity contribution in [2.75, 3.05) is 11.9 Å². The maximum Gasteiger partial charge on any atom is 0.422 e. The number of hydrogen-bond acceptors (Lipinski definition) is 4. The molecule has 0 atom stereocenters. The number of carbonyl (C=O) groups excluding carboxylic acids is 1. The lowest BCUT2D eigenvalue weighted by Gasteiger charge is -2.09. The summed E-state index contributed by atoms with van der Waals surface area (Å²) in [6.45, 7) is -1.64. The van der Waals surface area contributed by atoms with Gasteiger partial charge >= 0.3 is 12.3 Å². The van der Waals surface area contributed by atoms with Crippen molar-refractivity contribution in [1.29, 1.82) is 0 Å². The zero-order valence-electron chi connectivity index (χ0n) is 9.96. The van der Waals surface area contributed by atoms with Crippen LogP contribution < -0.4 is 5.32 Å². The highest BCUT2D eigenvalue weighted by molar-refractivity contribution is 5.84. The number of pyridine rings is 1. The Bertz CT molecular complexity index is 566. The molecule has 106 valence electrons. The Morgan fingerprint density at radius 2 is 2.20 bits per heavy atom. The maximum absolute atomic E-state index is 11.8. The lowest BCUT2D eigenvalue weighted by molar-refractivity contribution is -0.159. The number of halogens is 3. The third-order valence-electron chi connectivity index (χ3n) is 2.10. The minimum absolute atomic E-state index is 0.216. The van der Waals surface area contributed by atoms with Crippen molar-refractivity contribution in [2.45, 2.75) is 6.18 Å². The molecular weight excluding hydrogens is 277 g/mol. The smallest absolute Gasteiger partial charge is 0.422 e. The predicted molar refractivity (Wildman–Crippen MR) is 62.4 cm³/mol. The summed E-state index contributed by atoms with van der Waals surface area (Å²) in [4.78, 5) is 15.1. The van der Waals surface area contributed by atoms with E-state index in [1.807, 2.05) is 0 Å². The Morgan fingerprint density at radius 3 is 2.75 bits per heavy atom. The van der Waals surface area contributed by atoms with Gasteiger partial charge in [0.2, 0.25) is 0 Å². The Kier molecular flexibility index (Phi) is 3.87. The molecule has 0 aromatic carbocycles. The van der Waals surface area contributed by atoms with Gasteiger partial charge in [-0.25, -0.2) is 14.5 Å². The van der Waals surface area contributed by atoms with Crippen LogP contribution in [0, 0.1) is 0 Å². The first-order valence-electron chi connectivity index (χ1n) is 5.41. The SMILES string of the molecule is O=C(Nc1ccc(-n2cccn2)nc1)OCC(F)(F)F. The van der Waals surface area contributed by atoms with Gasteiger partial charge in [-0.1, -0.05) is 0 Å². The molecule has 20 heavy (non-hydrogen) atoms. The van der Waals surface area contributed by atoms with Crippen LogP contribution >= 0.6 is 0 Å². The highest BCUT2D eigenvalue weighted by Crippen LogP contribution is 2.15. The summed E-state index contributed by atoms with van der Waals surface area (Å²) in [5.41, 5.74) is 0.216. The van der Waals surface area contributed by atoms with E-state index in [1.165, 1.54) is 16.9 Å². The van der Waals surface area contributed by atoms with Gasteiger partial charge in [0.15, 0.2) is 12.4 Å². The van der Waals surface area contributed by atoms with Crippen LogP contribution in [0.15, 0.2) is 36.8 Å². The Balaban J connectivity index is 1.92.